The Morgan fingerprint density at radius 3 is 2.62 bits per heavy atom. The minimum Gasteiger partial charge on any atom is -0.389 e. The van der Waals surface area contributed by atoms with Crippen LogP contribution in [0.4, 0.5) is 11.5 Å². The zero-order valence-corrected chi connectivity index (χ0v) is 18.8. The highest BCUT2D eigenvalue weighted by Crippen LogP contribution is 2.25. The van der Waals surface area contributed by atoms with Crippen LogP contribution < -0.4 is 5.32 Å². The van der Waals surface area contributed by atoms with Crippen LogP contribution in [0.15, 0.2) is 55.1 Å². The molecular weight excluding hydrogens is 430 g/mol. The lowest BCUT2D eigenvalue weighted by Crippen LogP contribution is -2.11. The van der Waals surface area contributed by atoms with Gasteiger partial charge in [-0.2, -0.15) is 10.4 Å². The maximum atomic E-state index is 10.3. The molecular formula is C24H21N9O. The summed E-state index contributed by atoms with van der Waals surface area (Å²) in [6.45, 7) is 5.44. The Morgan fingerprint density at radius 2 is 1.91 bits per heavy atom. The summed E-state index contributed by atoms with van der Waals surface area (Å²) in [5.74, 6) is 1.68. The van der Waals surface area contributed by atoms with Gasteiger partial charge in [-0.25, -0.2) is 19.6 Å². The molecule has 1 unspecified atom stereocenters. The number of nitriles is 1. The molecule has 2 N–H and O–H groups in total. The number of pyridine rings is 3. The Bertz CT molecular complexity index is 1540. The number of hydrogen-bond acceptors (Lipinski definition) is 8. The standard InChI is InChI=1S/C24H21N9O/c1-14-4-5-17(11-26-14)29-22-9-20-21(12-27-22)32(13-28-20)23-7-6-19(16(3)34)24(30-23)33-15(2)8-18(10-25)31-33/h4-9,11-13,16,34H,1-3H3,(H,27,29). The highest BCUT2D eigenvalue weighted by atomic mass is 16.3. The molecule has 10 nitrogen and oxygen atoms in total. The van der Waals surface area contributed by atoms with Gasteiger partial charge in [0.05, 0.1) is 35.2 Å². The van der Waals surface area contributed by atoms with Gasteiger partial charge in [0.2, 0.25) is 0 Å². The molecule has 0 amide bonds. The van der Waals surface area contributed by atoms with Gasteiger partial charge in [-0.1, -0.05) is 0 Å². The zero-order valence-electron chi connectivity index (χ0n) is 18.8. The predicted octanol–water partition coefficient (Wildman–Crippen LogP) is 3.68. The van der Waals surface area contributed by atoms with Crippen molar-refractivity contribution in [1.82, 2.24) is 34.3 Å². The quantitative estimate of drug-likeness (QED) is 0.414. The Balaban J connectivity index is 1.55. The van der Waals surface area contributed by atoms with Gasteiger partial charge >= 0.3 is 0 Å². The summed E-state index contributed by atoms with van der Waals surface area (Å²) in [5.41, 5.74) is 4.90. The fraction of sp³-hybridized carbons (Fsp3) is 0.167. The fourth-order valence-electron chi connectivity index (χ4n) is 3.67. The van der Waals surface area contributed by atoms with Crippen molar-refractivity contribution in [3.05, 3.63) is 77.8 Å². The second-order valence-corrected chi connectivity index (χ2v) is 7.94. The van der Waals surface area contributed by atoms with Crippen LogP contribution in [0.1, 0.15) is 35.7 Å². The molecule has 1 atom stereocenters. The first-order valence-corrected chi connectivity index (χ1v) is 10.6. The molecule has 5 aromatic rings. The van der Waals surface area contributed by atoms with Crippen molar-refractivity contribution in [2.45, 2.75) is 26.9 Å². The van der Waals surface area contributed by atoms with Crippen molar-refractivity contribution in [3.8, 4) is 17.7 Å². The van der Waals surface area contributed by atoms with Crippen LogP contribution in [0, 0.1) is 25.2 Å². The Hall–Kier alpha value is -4.62. The first kappa shape index (κ1) is 21.2. The average Bonchev–Trinajstić information content (AvgIpc) is 3.43. The maximum absolute atomic E-state index is 10.3. The van der Waals surface area contributed by atoms with E-state index in [2.05, 4.69) is 25.4 Å². The minimum absolute atomic E-state index is 0.280. The zero-order chi connectivity index (χ0) is 23.8. The molecule has 0 fully saturated rings. The number of anilines is 2. The molecule has 0 saturated heterocycles. The molecule has 0 aliphatic carbocycles. The highest BCUT2D eigenvalue weighted by molar-refractivity contribution is 5.79. The number of aliphatic hydroxyl groups excluding tert-OH is 1. The van der Waals surface area contributed by atoms with Crippen LogP contribution in [-0.2, 0) is 0 Å². The third-order valence-corrected chi connectivity index (χ3v) is 5.41. The summed E-state index contributed by atoms with van der Waals surface area (Å²) in [4.78, 5) is 18.1. The van der Waals surface area contributed by atoms with E-state index in [1.54, 1.807) is 48.5 Å². The SMILES string of the molecule is Cc1ccc(Nc2cc3ncn(-c4ccc(C(C)O)c(-n5nc(C#N)cc5C)n4)c3cn2)cn1. The van der Waals surface area contributed by atoms with Gasteiger partial charge in [0.25, 0.3) is 0 Å². The van der Waals surface area contributed by atoms with Crippen LogP contribution in [-0.4, -0.2) is 39.4 Å². The smallest absolute Gasteiger partial charge is 0.163 e. The largest absolute Gasteiger partial charge is 0.389 e. The van der Waals surface area contributed by atoms with Gasteiger partial charge in [-0.05, 0) is 51.1 Å². The molecule has 0 aliphatic rings. The third kappa shape index (κ3) is 3.85. The number of hydrogen-bond donors (Lipinski definition) is 2. The fourth-order valence-corrected chi connectivity index (χ4v) is 3.67. The van der Waals surface area contributed by atoms with Crippen LogP contribution in [0.2, 0.25) is 0 Å². The molecule has 34 heavy (non-hydrogen) atoms. The normalized spacial score (nSPS) is 12.0. The first-order chi connectivity index (χ1) is 16.4. The van der Waals surface area contributed by atoms with Crippen LogP contribution in [0.3, 0.4) is 0 Å². The van der Waals surface area contributed by atoms with E-state index in [1.807, 2.05) is 42.7 Å². The van der Waals surface area contributed by atoms with Gasteiger partial charge < -0.3 is 10.4 Å². The van der Waals surface area contributed by atoms with Gasteiger partial charge in [0.1, 0.15) is 24.0 Å². The predicted molar refractivity (Wildman–Crippen MR) is 126 cm³/mol. The van der Waals surface area contributed by atoms with Crippen molar-refractivity contribution < 1.29 is 5.11 Å². The number of imidazole rings is 1. The monoisotopic (exact) mass is 451 g/mol. The minimum atomic E-state index is -0.767. The van der Waals surface area contributed by atoms with Crippen LogP contribution >= 0.6 is 0 Å². The van der Waals surface area contributed by atoms with Gasteiger partial charge in [-0.3, -0.25) is 9.55 Å². The summed E-state index contributed by atoms with van der Waals surface area (Å²) < 4.78 is 3.39. The summed E-state index contributed by atoms with van der Waals surface area (Å²) in [7, 11) is 0. The number of aryl methyl sites for hydroxylation is 2. The molecule has 10 heteroatoms. The number of nitrogens with one attached hydrogen (secondary N) is 1. The third-order valence-electron chi connectivity index (χ3n) is 5.41. The number of aliphatic hydroxyl groups is 1. The molecule has 5 heterocycles. The van der Waals surface area contributed by atoms with Crippen LogP contribution in [0.5, 0.6) is 0 Å². The van der Waals surface area contributed by atoms with E-state index in [0.717, 1.165) is 28.1 Å². The van der Waals surface area contributed by atoms with E-state index in [4.69, 9.17) is 4.98 Å². The van der Waals surface area contributed by atoms with Crippen LogP contribution in [0.25, 0.3) is 22.7 Å². The Labute approximate surface area is 195 Å². The summed E-state index contributed by atoms with van der Waals surface area (Å²) >= 11 is 0. The molecule has 0 bridgehead atoms. The van der Waals surface area contributed by atoms with Gasteiger partial charge in [0.15, 0.2) is 11.5 Å². The summed E-state index contributed by atoms with van der Waals surface area (Å²) in [6.07, 6.45) is 4.39. The first-order valence-electron chi connectivity index (χ1n) is 10.6. The molecule has 0 aliphatic heterocycles. The van der Waals surface area contributed by atoms with E-state index < -0.39 is 6.10 Å². The second-order valence-electron chi connectivity index (χ2n) is 7.94. The second kappa shape index (κ2) is 8.38. The van der Waals surface area contributed by atoms with E-state index in [9.17, 15) is 10.4 Å². The molecule has 0 saturated carbocycles. The van der Waals surface area contributed by atoms with E-state index in [1.165, 1.54) is 0 Å². The number of nitrogens with zero attached hydrogens (tertiary/aromatic N) is 8. The lowest BCUT2D eigenvalue weighted by Gasteiger charge is -2.14. The molecule has 5 rings (SSSR count). The lowest BCUT2D eigenvalue weighted by molar-refractivity contribution is 0.198. The molecule has 0 aromatic carbocycles. The molecule has 168 valence electrons. The van der Waals surface area contributed by atoms with Crippen molar-refractivity contribution in [1.29, 1.82) is 5.26 Å². The topological polar surface area (TPSA) is 130 Å². The van der Waals surface area contributed by atoms with Crippen molar-refractivity contribution in [2.24, 2.45) is 0 Å². The summed E-state index contributed by atoms with van der Waals surface area (Å²) in [5, 5.41) is 27.1. The van der Waals surface area contributed by atoms with Crippen molar-refractivity contribution in [3.63, 3.8) is 0 Å². The van der Waals surface area contributed by atoms with Gasteiger partial charge in [0, 0.05) is 23.0 Å². The number of aromatic nitrogens is 7. The van der Waals surface area contributed by atoms with Crippen molar-refractivity contribution in [2.75, 3.05) is 5.32 Å². The van der Waals surface area contributed by atoms with E-state index in [-0.39, 0.29) is 5.69 Å². The van der Waals surface area contributed by atoms with E-state index >= 15 is 0 Å². The van der Waals surface area contributed by atoms with Gasteiger partial charge in [-0.15, -0.1) is 0 Å². The summed E-state index contributed by atoms with van der Waals surface area (Å²) in [6, 6.07) is 13.0. The molecule has 0 spiro atoms. The molecule has 0 radical (unpaired) electrons. The Morgan fingerprint density at radius 1 is 1.06 bits per heavy atom. The van der Waals surface area contributed by atoms with E-state index in [0.29, 0.717) is 23.0 Å². The number of fused-ring (bicyclic) bond motifs is 1. The molecule has 5 aromatic heterocycles. The van der Waals surface area contributed by atoms with Crippen molar-refractivity contribution >= 4 is 22.5 Å². The lowest BCUT2D eigenvalue weighted by atomic mass is 10.1. The Kier molecular flexibility index (Phi) is 5.24. The maximum Gasteiger partial charge on any atom is 0.163 e. The highest BCUT2D eigenvalue weighted by Gasteiger charge is 2.17. The number of rotatable bonds is 5. The average molecular weight is 451 g/mol.